The zero-order chi connectivity index (χ0) is 12.8. The van der Waals surface area contributed by atoms with Gasteiger partial charge in [-0.25, -0.2) is 0 Å². The van der Waals surface area contributed by atoms with Gasteiger partial charge in [0.1, 0.15) is 5.01 Å². The number of benzene rings is 1. The Bertz CT molecular complexity index is 719. The van der Waals surface area contributed by atoms with Crippen LogP contribution in [0, 0.1) is 0 Å². The first-order valence-electron chi connectivity index (χ1n) is 6.40. The summed E-state index contributed by atoms with van der Waals surface area (Å²) in [6, 6.07) is 8.68. The second-order valence-corrected chi connectivity index (χ2v) is 5.65. The predicted octanol–water partition coefficient (Wildman–Crippen LogP) is 2.46. The number of hydrogen-bond donors (Lipinski definition) is 1. The fourth-order valence-corrected chi connectivity index (χ4v) is 3.39. The predicted molar refractivity (Wildman–Crippen MR) is 74.5 cm³/mol. The fraction of sp³-hybridized carbons (Fsp3) is 0.308. The molecule has 0 radical (unpaired) electrons. The molecule has 3 aromatic rings. The maximum Gasteiger partial charge on any atom is 0.234 e. The van der Waals surface area contributed by atoms with E-state index in [1.54, 1.807) is 11.3 Å². The molecule has 96 valence electrons. The van der Waals surface area contributed by atoms with Crippen molar-refractivity contribution in [2.45, 2.75) is 25.8 Å². The summed E-state index contributed by atoms with van der Waals surface area (Å²) in [6.45, 7) is 2.07. The molecule has 2 aromatic heterocycles. The number of hydrogen-bond acceptors (Lipinski definition) is 5. The molecule has 0 amide bonds. The molecule has 0 spiro atoms. The van der Waals surface area contributed by atoms with Crippen molar-refractivity contribution >= 4 is 22.0 Å². The standard InChI is InChI=1S/C13H13N5S/c1-2-11-15-16-13-18(11)17-12(19-13)10-7-8-5-3-4-6-9(8)14-10/h3-6,10,14H,2,7H2,1H3. The van der Waals surface area contributed by atoms with Crippen LogP contribution in [0.4, 0.5) is 5.69 Å². The fourth-order valence-electron chi connectivity index (χ4n) is 2.48. The van der Waals surface area contributed by atoms with E-state index in [4.69, 9.17) is 0 Å². The van der Waals surface area contributed by atoms with Gasteiger partial charge in [0.15, 0.2) is 5.82 Å². The second kappa shape index (κ2) is 4.03. The number of aromatic nitrogens is 4. The zero-order valence-electron chi connectivity index (χ0n) is 10.5. The van der Waals surface area contributed by atoms with E-state index in [2.05, 4.69) is 51.8 Å². The maximum atomic E-state index is 4.66. The van der Waals surface area contributed by atoms with Gasteiger partial charge in [0, 0.05) is 18.5 Å². The molecule has 1 aliphatic rings. The van der Waals surface area contributed by atoms with E-state index in [1.165, 1.54) is 11.3 Å². The van der Waals surface area contributed by atoms with Gasteiger partial charge in [0.2, 0.25) is 4.96 Å². The molecule has 0 aliphatic carbocycles. The van der Waals surface area contributed by atoms with Crippen molar-refractivity contribution in [1.82, 2.24) is 19.8 Å². The third-order valence-electron chi connectivity index (χ3n) is 3.46. The Morgan fingerprint density at radius 3 is 3.11 bits per heavy atom. The highest BCUT2D eigenvalue weighted by Crippen LogP contribution is 2.35. The lowest BCUT2D eigenvalue weighted by Crippen LogP contribution is -2.06. The Balaban J connectivity index is 1.71. The molecule has 19 heavy (non-hydrogen) atoms. The molecule has 1 aliphatic heterocycles. The molecule has 0 bridgehead atoms. The van der Waals surface area contributed by atoms with Crippen LogP contribution in [0.5, 0.6) is 0 Å². The Hall–Kier alpha value is -1.95. The number of nitrogens with one attached hydrogen (secondary N) is 1. The minimum absolute atomic E-state index is 0.258. The van der Waals surface area contributed by atoms with Crippen LogP contribution < -0.4 is 5.32 Å². The number of aryl methyl sites for hydroxylation is 1. The van der Waals surface area contributed by atoms with Crippen molar-refractivity contribution in [3.63, 3.8) is 0 Å². The summed E-state index contributed by atoms with van der Waals surface area (Å²) in [4.78, 5) is 0.879. The lowest BCUT2D eigenvalue weighted by molar-refractivity contribution is 0.751. The van der Waals surface area contributed by atoms with E-state index in [9.17, 15) is 0 Å². The van der Waals surface area contributed by atoms with Crippen molar-refractivity contribution in [3.8, 4) is 0 Å². The van der Waals surface area contributed by atoms with Crippen molar-refractivity contribution < 1.29 is 0 Å². The van der Waals surface area contributed by atoms with Gasteiger partial charge in [-0.05, 0) is 11.6 Å². The zero-order valence-corrected chi connectivity index (χ0v) is 11.3. The quantitative estimate of drug-likeness (QED) is 0.778. The first-order chi connectivity index (χ1) is 9.35. The number of rotatable bonds is 2. The molecule has 0 saturated heterocycles. The summed E-state index contributed by atoms with van der Waals surface area (Å²) in [7, 11) is 0. The van der Waals surface area contributed by atoms with Crippen molar-refractivity contribution in [1.29, 1.82) is 0 Å². The molecule has 1 aromatic carbocycles. The lowest BCUT2D eigenvalue weighted by Gasteiger charge is -2.05. The van der Waals surface area contributed by atoms with Crippen LogP contribution in [-0.4, -0.2) is 19.8 Å². The van der Waals surface area contributed by atoms with Gasteiger partial charge in [-0.1, -0.05) is 36.5 Å². The average Bonchev–Trinajstić information content (AvgIpc) is 3.10. The summed E-state index contributed by atoms with van der Waals surface area (Å²) in [5.74, 6) is 0.924. The summed E-state index contributed by atoms with van der Waals surface area (Å²) in [5, 5.41) is 17.6. The van der Waals surface area contributed by atoms with Gasteiger partial charge in [0.05, 0.1) is 6.04 Å². The van der Waals surface area contributed by atoms with Crippen molar-refractivity contribution in [2.24, 2.45) is 0 Å². The Labute approximate surface area is 114 Å². The molecule has 1 unspecified atom stereocenters. The van der Waals surface area contributed by atoms with Gasteiger partial charge in [0.25, 0.3) is 0 Å². The van der Waals surface area contributed by atoms with Crippen LogP contribution in [-0.2, 0) is 12.8 Å². The van der Waals surface area contributed by atoms with Crippen LogP contribution in [0.15, 0.2) is 24.3 Å². The highest BCUT2D eigenvalue weighted by atomic mass is 32.1. The van der Waals surface area contributed by atoms with E-state index < -0.39 is 0 Å². The molecule has 4 rings (SSSR count). The van der Waals surface area contributed by atoms with Crippen LogP contribution >= 0.6 is 11.3 Å². The topological polar surface area (TPSA) is 55.1 Å². The molecule has 6 heteroatoms. The van der Waals surface area contributed by atoms with Crippen molar-refractivity contribution in [2.75, 3.05) is 5.32 Å². The smallest absolute Gasteiger partial charge is 0.234 e. The highest BCUT2D eigenvalue weighted by molar-refractivity contribution is 7.16. The van der Waals surface area contributed by atoms with E-state index >= 15 is 0 Å². The van der Waals surface area contributed by atoms with E-state index in [-0.39, 0.29) is 6.04 Å². The summed E-state index contributed by atoms with van der Waals surface area (Å²) >= 11 is 1.62. The minimum atomic E-state index is 0.258. The largest absolute Gasteiger partial charge is 0.375 e. The molecule has 0 saturated carbocycles. The van der Waals surface area contributed by atoms with E-state index in [1.807, 2.05) is 4.52 Å². The molecule has 1 N–H and O–H groups in total. The van der Waals surface area contributed by atoms with Gasteiger partial charge in [-0.15, -0.1) is 10.2 Å². The van der Waals surface area contributed by atoms with Gasteiger partial charge in [-0.3, -0.25) is 0 Å². The maximum absolute atomic E-state index is 4.66. The normalized spacial score (nSPS) is 17.6. The lowest BCUT2D eigenvalue weighted by atomic mass is 10.1. The Morgan fingerprint density at radius 1 is 1.37 bits per heavy atom. The second-order valence-electron chi connectivity index (χ2n) is 4.66. The number of fused-ring (bicyclic) bond motifs is 2. The van der Waals surface area contributed by atoms with Crippen LogP contribution in [0.3, 0.4) is 0 Å². The third-order valence-corrected chi connectivity index (χ3v) is 4.47. The van der Waals surface area contributed by atoms with E-state index in [0.717, 1.165) is 28.6 Å². The van der Waals surface area contributed by atoms with Crippen LogP contribution in [0.25, 0.3) is 4.96 Å². The molecular weight excluding hydrogens is 258 g/mol. The van der Waals surface area contributed by atoms with E-state index in [0.29, 0.717) is 0 Å². The SMILES string of the molecule is CCc1nnc2sc(C3Cc4ccccc4N3)nn12. The highest BCUT2D eigenvalue weighted by Gasteiger charge is 2.25. The third kappa shape index (κ3) is 1.63. The summed E-state index contributed by atoms with van der Waals surface area (Å²) < 4.78 is 1.87. The van der Waals surface area contributed by atoms with Gasteiger partial charge >= 0.3 is 0 Å². The van der Waals surface area contributed by atoms with Crippen LogP contribution in [0.1, 0.15) is 29.4 Å². The summed E-state index contributed by atoms with van der Waals surface area (Å²) in [5.41, 5.74) is 2.57. The first kappa shape index (κ1) is 10.9. The van der Waals surface area contributed by atoms with Crippen LogP contribution in [0.2, 0.25) is 0 Å². The first-order valence-corrected chi connectivity index (χ1v) is 7.22. The molecule has 3 heterocycles. The van der Waals surface area contributed by atoms with Gasteiger partial charge < -0.3 is 5.32 Å². The molecular formula is C13H13N5S. The summed E-state index contributed by atoms with van der Waals surface area (Å²) in [6.07, 6.45) is 1.84. The number of anilines is 1. The Kier molecular flexibility index (Phi) is 2.32. The average molecular weight is 271 g/mol. The van der Waals surface area contributed by atoms with Crippen molar-refractivity contribution in [3.05, 3.63) is 40.7 Å². The molecule has 1 atom stereocenters. The molecule has 5 nitrogen and oxygen atoms in total. The number of nitrogens with zero attached hydrogens (tertiary/aromatic N) is 4. The Morgan fingerprint density at radius 2 is 2.26 bits per heavy atom. The minimum Gasteiger partial charge on any atom is -0.375 e. The number of para-hydroxylation sites is 1. The van der Waals surface area contributed by atoms with Gasteiger partial charge in [-0.2, -0.15) is 9.61 Å². The monoisotopic (exact) mass is 271 g/mol. The molecule has 0 fully saturated rings.